The third-order valence-electron chi connectivity index (χ3n) is 4.38. The number of aryl methyl sites for hydroxylation is 1. The van der Waals surface area contributed by atoms with Crippen LogP contribution >= 0.6 is 0 Å². The molecule has 0 spiro atoms. The Morgan fingerprint density at radius 3 is 2.62 bits per heavy atom. The molecule has 0 unspecified atom stereocenters. The van der Waals surface area contributed by atoms with Gasteiger partial charge in [0.25, 0.3) is 0 Å². The minimum absolute atomic E-state index is 0.259. The van der Waals surface area contributed by atoms with Gasteiger partial charge in [0.1, 0.15) is 11.5 Å². The first-order valence-electron chi connectivity index (χ1n) is 8.53. The van der Waals surface area contributed by atoms with E-state index in [2.05, 4.69) is 4.98 Å². The van der Waals surface area contributed by atoms with Crippen molar-refractivity contribution in [3.63, 3.8) is 0 Å². The van der Waals surface area contributed by atoms with E-state index in [9.17, 15) is 5.11 Å². The van der Waals surface area contributed by atoms with Crippen molar-refractivity contribution in [3.05, 3.63) is 47.9 Å². The van der Waals surface area contributed by atoms with Crippen LogP contribution in [-0.2, 0) is 6.54 Å². The van der Waals surface area contributed by atoms with E-state index < -0.39 is 6.10 Å². The summed E-state index contributed by atoms with van der Waals surface area (Å²) in [6.45, 7) is 2.52. The Morgan fingerprint density at radius 2 is 1.92 bits per heavy atom. The molecule has 6 heteroatoms. The van der Waals surface area contributed by atoms with Crippen molar-refractivity contribution in [1.29, 1.82) is 0 Å². The van der Waals surface area contributed by atoms with Crippen molar-refractivity contribution in [2.24, 2.45) is 0 Å². The van der Waals surface area contributed by atoms with E-state index in [1.165, 1.54) is 0 Å². The standard InChI is InChI=1S/C20H24N2O4/c1-13-18(11-22(2)10-14(24)12-23)21-20(26-13)17-8-9-19(25-3)16-7-5-4-6-15(16)17/h4-9,14,23-24H,10-12H2,1-3H3/t14-/m0/s1. The zero-order valence-electron chi connectivity index (χ0n) is 15.3. The first-order valence-corrected chi connectivity index (χ1v) is 8.53. The summed E-state index contributed by atoms with van der Waals surface area (Å²) in [5, 5.41) is 20.6. The molecule has 0 aliphatic heterocycles. The molecule has 2 aromatic carbocycles. The molecule has 26 heavy (non-hydrogen) atoms. The van der Waals surface area contributed by atoms with Crippen molar-refractivity contribution < 1.29 is 19.4 Å². The van der Waals surface area contributed by atoms with Gasteiger partial charge in [-0.25, -0.2) is 4.98 Å². The van der Waals surface area contributed by atoms with Crippen molar-refractivity contribution in [2.75, 3.05) is 27.3 Å². The summed E-state index contributed by atoms with van der Waals surface area (Å²) in [7, 11) is 3.53. The number of aliphatic hydroxyl groups is 2. The van der Waals surface area contributed by atoms with Crippen LogP contribution in [0.2, 0.25) is 0 Å². The predicted molar refractivity (Wildman–Crippen MR) is 100 cm³/mol. The van der Waals surface area contributed by atoms with Crippen LogP contribution in [0.25, 0.3) is 22.2 Å². The maximum atomic E-state index is 9.58. The number of aliphatic hydroxyl groups excluding tert-OH is 2. The Bertz CT molecular complexity index is 891. The fourth-order valence-corrected chi connectivity index (χ4v) is 3.06. The minimum atomic E-state index is -0.766. The number of oxazole rings is 1. The van der Waals surface area contributed by atoms with Gasteiger partial charge in [0.15, 0.2) is 0 Å². The number of hydrogen-bond donors (Lipinski definition) is 2. The van der Waals surface area contributed by atoms with Crippen molar-refractivity contribution in [3.8, 4) is 17.2 Å². The lowest BCUT2D eigenvalue weighted by atomic mass is 10.0. The lowest BCUT2D eigenvalue weighted by Crippen LogP contribution is -2.31. The van der Waals surface area contributed by atoms with E-state index in [1.807, 2.05) is 55.3 Å². The summed E-state index contributed by atoms with van der Waals surface area (Å²) in [6, 6.07) is 11.9. The van der Waals surface area contributed by atoms with Crippen LogP contribution in [-0.4, -0.2) is 53.5 Å². The van der Waals surface area contributed by atoms with E-state index in [0.29, 0.717) is 19.0 Å². The van der Waals surface area contributed by atoms with E-state index in [1.54, 1.807) is 7.11 Å². The van der Waals surface area contributed by atoms with Gasteiger partial charge < -0.3 is 19.4 Å². The highest BCUT2D eigenvalue weighted by molar-refractivity contribution is 5.98. The molecule has 0 bridgehead atoms. The van der Waals surface area contributed by atoms with Gasteiger partial charge in [-0.05, 0) is 31.5 Å². The zero-order valence-corrected chi connectivity index (χ0v) is 15.3. The first-order chi connectivity index (χ1) is 12.5. The molecule has 3 aromatic rings. The van der Waals surface area contributed by atoms with Gasteiger partial charge in [-0.15, -0.1) is 0 Å². The molecule has 0 aliphatic carbocycles. The highest BCUT2D eigenvalue weighted by atomic mass is 16.5. The summed E-state index contributed by atoms with van der Waals surface area (Å²) >= 11 is 0. The summed E-state index contributed by atoms with van der Waals surface area (Å²) in [5.74, 6) is 2.11. The smallest absolute Gasteiger partial charge is 0.227 e. The Hall–Kier alpha value is -2.41. The monoisotopic (exact) mass is 356 g/mol. The summed E-state index contributed by atoms with van der Waals surface area (Å²) in [4.78, 5) is 6.57. The Labute approximate surface area is 152 Å². The number of aromatic nitrogens is 1. The number of methoxy groups -OCH3 is 1. The molecule has 6 nitrogen and oxygen atoms in total. The normalized spacial score (nSPS) is 12.7. The van der Waals surface area contributed by atoms with Gasteiger partial charge in [-0.1, -0.05) is 24.3 Å². The van der Waals surface area contributed by atoms with Crippen LogP contribution in [0.4, 0.5) is 0 Å². The molecule has 1 atom stereocenters. The van der Waals surface area contributed by atoms with Gasteiger partial charge >= 0.3 is 0 Å². The Morgan fingerprint density at radius 1 is 1.19 bits per heavy atom. The average Bonchev–Trinajstić information content (AvgIpc) is 3.00. The number of rotatable bonds is 7. The van der Waals surface area contributed by atoms with Crippen LogP contribution in [0.5, 0.6) is 5.75 Å². The second-order valence-electron chi connectivity index (χ2n) is 6.42. The third-order valence-corrected chi connectivity index (χ3v) is 4.38. The summed E-state index contributed by atoms with van der Waals surface area (Å²) in [6.07, 6.45) is -0.766. The van der Waals surface area contributed by atoms with Crippen molar-refractivity contribution in [2.45, 2.75) is 19.6 Å². The number of hydrogen-bond acceptors (Lipinski definition) is 6. The molecule has 138 valence electrons. The number of likely N-dealkylation sites (N-methyl/N-ethyl adjacent to an activating group) is 1. The Kier molecular flexibility index (Phi) is 5.56. The van der Waals surface area contributed by atoms with Gasteiger partial charge in [0, 0.05) is 24.0 Å². The van der Waals surface area contributed by atoms with Gasteiger partial charge in [0.2, 0.25) is 5.89 Å². The highest BCUT2D eigenvalue weighted by Crippen LogP contribution is 2.34. The fourth-order valence-electron chi connectivity index (χ4n) is 3.06. The quantitative estimate of drug-likeness (QED) is 0.677. The predicted octanol–water partition coefficient (Wildman–Crippen LogP) is 2.60. The average molecular weight is 356 g/mol. The van der Waals surface area contributed by atoms with Crippen LogP contribution in [0, 0.1) is 6.92 Å². The zero-order chi connectivity index (χ0) is 18.7. The summed E-state index contributed by atoms with van der Waals surface area (Å²) in [5.41, 5.74) is 1.72. The van der Waals surface area contributed by atoms with Gasteiger partial charge in [0.05, 0.1) is 25.5 Å². The molecule has 1 aromatic heterocycles. The number of nitrogens with zero attached hydrogens (tertiary/aromatic N) is 2. The summed E-state index contributed by atoms with van der Waals surface area (Å²) < 4.78 is 11.4. The molecule has 0 fully saturated rings. The van der Waals surface area contributed by atoms with Crippen LogP contribution in [0.3, 0.4) is 0 Å². The largest absolute Gasteiger partial charge is 0.496 e. The van der Waals surface area contributed by atoms with E-state index in [0.717, 1.165) is 33.5 Å². The lowest BCUT2D eigenvalue weighted by molar-refractivity contribution is 0.0644. The number of fused-ring (bicyclic) bond motifs is 1. The van der Waals surface area contributed by atoms with E-state index in [-0.39, 0.29) is 6.61 Å². The second-order valence-corrected chi connectivity index (χ2v) is 6.42. The topological polar surface area (TPSA) is 79.0 Å². The molecule has 0 saturated carbocycles. The highest BCUT2D eigenvalue weighted by Gasteiger charge is 2.17. The first kappa shape index (κ1) is 18.4. The molecule has 2 N–H and O–H groups in total. The maximum Gasteiger partial charge on any atom is 0.227 e. The maximum absolute atomic E-state index is 9.58. The van der Waals surface area contributed by atoms with Gasteiger partial charge in [-0.2, -0.15) is 0 Å². The molecule has 3 rings (SSSR count). The molecule has 0 amide bonds. The van der Waals surface area contributed by atoms with Crippen molar-refractivity contribution >= 4 is 10.8 Å². The van der Waals surface area contributed by atoms with Crippen LogP contribution < -0.4 is 4.74 Å². The minimum Gasteiger partial charge on any atom is -0.496 e. The molecule has 0 aliphatic rings. The van der Waals surface area contributed by atoms with Crippen LogP contribution in [0.1, 0.15) is 11.5 Å². The molecule has 0 radical (unpaired) electrons. The van der Waals surface area contributed by atoms with E-state index in [4.69, 9.17) is 14.3 Å². The lowest BCUT2D eigenvalue weighted by Gasteiger charge is -2.18. The Balaban J connectivity index is 1.93. The number of benzene rings is 2. The SMILES string of the molecule is COc1ccc(-c2nc(CN(C)C[C@H](O)CO)c(C)o2)c2ccccc12. The third kappa shape index (κ3) is 3.72. The molecule has 0 saturated heterocycles. The second kappa shape index (κ2) is 7.86. The van der Waals surface area contributed by atoms with Crippen LogP contribution in [0.15, 0.2) is 40.8 Å². The van der Waals surface area contributed by atoms with E-state index >= 15 is 0 Å². The molecular weight excluding hydrogens is 332 g/mol. The molecular formula is C20H24N2O4. The van der Waals surface area contributed by atoms with Gasteiger partial charge in [-0.3, -0.25) is 4.90 Å². The fraction of sp³-hybridized carbons (Fsp3) is 0.350. The number of ether oxygens (including phenoxy) is 1. The van der Waals surface area contributed by atoms with Crippen molar-refractivity contribution in [1.82, 2.24) is 9.88 Å². The molecule has 1 heterocycles.